The van der Waals surface area contributed by atoms with E-state index >= 15 is 0 Å². The Morgan fingerprint density at radius 1 is 1.06 bits per heavy atom. The molecule has 0 spiro atoms. The van der Waals surface area contributed by atoms with Crippen molar-refractivity contribution in [3.8, 4) is 0 Å². The molecule has 33 heavy (non-hydrogen) atoms. The van der Waals surface area contributed by atoms with Crippen LogP contribution in [0.15, 0.2) is 47.4 Å². The molecule has 176 valence electrons. The Hall–Kier alpha value is -2.99. The molecule has 0 unspecified atom stereocenters. The molecule has 1 fully saturated rings. The summed E-state index contributed by atoms with van der Waals surface area (Å²) in [6, 6.07) is 9.86. The fourth-order valence-electron chi connectivity index (χ4n) is 3.06. The van der Waals surface area contributed by atoms with Gasteiger partial charge in [0.25, 0.3) is 5.91 Å². The van der Waals surface area contributed by atoms with Gasteiger partial charge in [-0.05, 0) is 30.3 Å². The third kappa shape index (κ3) is 5.88. The maximum atomic E-state index is 12.9. The van der Waals surface area contributed by atoms with Crippen molar-refractivity contribution in [2.45, 2.75) is 4.90 Å². The monoisotopic (exact) mass is 496 g/mol. The molecule has 1 heterocycles. The van der Waals surface area contributed by atoms with Crippen molar-refractivity contribution in [2.75, 3.05) is 45.3 Å². The first-order valence-corrected chi connectivity index (χ1v) is 11.6. The van der Waals surface area contributed by atoms with Crippen molar-refractivity contribution >= 4 is 45.2 Å². The van der Waals surface area contributed by atoms with Gasteiger partial charge in [-0.2, -0.15) is 4.31 Å². The molecule has 0 aliphatic carbocycles. The van der Waals surface area contributed by atoms with Gasteiger partial charge in [-0.1, -0.05) is 23.7 Å². The average molecular weight is 497 g/mol. The van der Waals surface area contributed by atoms with Crippen LogP contribution >= 0.6 is 11.6 Å². The molecule has 12 heteroatoms. The molecule has 1 amide bonds. The Labute approximate surface area is 195 Å². The lowest BCUT2D eigenvalue weighted by atomic mass is 10.1. The number of morpholine rings is 1. The van der Waals surface area contributed by atoms with E-state index in [1.807, 2.05) is 0 Å². The number of anilines is 1. The number of nitrogens with one attached hydrogen (secondary N) is 1. The number of esters is 2. The number of benzene rings is 2. The van der Waals surface area contributed by atoms with Gasteiger partial charge in [-0.3, -0.25) is 4.79 Å². The van der Waals surface area contributed by atoms with Gasteiger partial charge in [0.2, 0.25) is 10.0 Å². The van der Waals surface area contributed by atoms with Crippen molar-refractivity contribution in [3.05, 3.63) is 58.6 Å². The normalized spacial score (nSPS) is 14.4. The number of halogens is 1. The Morgan fingerprint density at radius 2 is 1.70 bits per heavy atom. The summed E-state index contributed by atoms with van der Waals surface area (Å²) in [5.74, 6) is -2.32. The number of sulfonamides is 1. The molecular formula is C21H21ClN2O8S. The zero-order valence-electron chi connectivity index (χ0n) is 17.6. The predicted molar refractivity (Wildman–Crippen MR) is 118 cm³/mol. The van der Waals surface area contributed by atoms with Crippen LogP contribution in [0.3, 0.4) is 0 Å². The number of hydrogen-bond donors (Lipinski definition) is 1. The number of ether oxygens (including phenoxy) is 3. The van der Waals surface area contributed by atoms with Gasteiger partial charge in [0.05, 0.1) is 36.5 Å². The van der Waals surface area contributed by atoms with E-state index in [9.17, 15) is 22.8 Å². The molecule has 10 nitrogen and oxygen atoms in total. The number of methoxy groups -OCH3 is 1. The summed E-state index contributed by atoms with van der Waals surface area (Å²) in [7, 11) is -2.71. The van der Waals surface area contributed by atoms with Crippen molar-refractivity contribution < 1.29 is 37.0 Å². The summed E-state index contributed by atoms with van der Waals surface area (Å²) in [6.07, 6.45) is 0. The lowest BCUT2D eigenvalue weighted by Crippen LogP contribution is -2.40. The number of hydrogen-bond acceptors (Lipinski definition) is 8. The molecular weight excluding hydrogens is 476 g/mol. The molecule has 0 saturated carbocycles. The van der Waals surface area contributed by atoms with E-state index in [-0.39, 0.29) is 53.0 Å². The largest absolute Gasteiger partial charge is 0.465 e. The smallest absolute Gasteiger partial charge is 0.339 e. The predicted octanol–water partition coefficient (Wildman–Crippen LogP) is 1.94. The Bertz CT molecular complexity index is 1160. The minimum absolute atomic E-state index is 0.000991. The van der Waals surface area contributed by atoms with E-state index < -0.39 is 34.5 Å². The van der Waals surface area contributed by atoms with Gasteiger partial charge >= 0.3 is 11.9 Å². The Kier molecular flexibility index (Phi) is 8.03. The summed E-state index contributed by atoms with van der Waals surface area (Å²) in [5, 5.41) is 2.47. The zero-order valence-corrected chi connectivity index (χ0v) is 19.1. The van der Waals surface area contributed by atoms with Crippen LogP contribution in [0.1, 0.15) is 20.7 Å². The summed E-state index contributed by atoms with van der Waals surface area (Å²) in [6.45, 7) is 0.272. The molecule has 0 atom stereocenters. The molecule has 1 N–H and O–H groups in total. The number of rotatable bonds is 7. The fraction of sp³-hybridized carbons (Fsp3) is 0.286. The van der Waals surface area contributed by atoms with Gasteiger partial charge in [-0.15, -0.1) is 0 Å². The topological polar surface area (TPSA) is 128 Å². The van der Waals surface area contributed by atoms with Crippen LogP contribution < -0.4 is 5.32 Å². The van der Waals surface area contributed by atoms with Crippen molar-refractivity contribution in [2.24, 2.45) is 0 Å². The first kappa shape index (κ1) is 24.6. The van der Waals surface area contributed by atoms with E-state index in [0.717, 1.165) is 0 Å². The van der Waals surface area contributed by atoms with Crippen LogP contribution in [0, 0.1) is 0 Å². The van der Waals surface area contributed by atoms with Gasteiger partial charge in [0, 0.05) is 18.8 Å². The van der Waals surface area contributed by atoms with Crippen molar-refractivity contribution in [1.29, 1.82) is 0 Å². The summed E-state index contributed by atoms with van der Waals surface area (Å²) >= 11 is 6.10. The third-order valence-electron chi connectivity index (χ3n) is 4.69. The van der Waals surface area contributed by atoms with Crippen LogP contribution in [0.4, 0.5) is 5.69 Å². The number of carbonyl (C=O) groups is 3. The van der Waals surface area contributed by atoms with Gasteiger partial charge in [-0.25, -0.2) is 18.0 Å². The third-order valence-corrected chi connectivity index (χ3v) is 7.07. The van der Waals surface area contributed by atoms with E-state index in [1.165, 1.54) is 47.8 Å². The lowest BCUT2D eigenvalue weighted by molar-refractivity contribution is -0.119. The van der Waals surface area contributed by atoms with Crippen LogP contribution in [0.2, 0.25) is 5.02 Å². The average Bonchev–Trinajstić information content (AvgIpc) is 2.83. The number of nitrogens with zero attached hydrogens (tertiary/aromatic N) is 1. The minimum Gasteiger partial charge on any atom is -0.465 e. The number of carbonyl (C=O) groups excluding carboxylic acids is 3. The summed E-state index contributed by atoms with van der Waals surface area (Å²) < 4.78 is 41.8. The highest BCUT2D eigenvalue weighted by molar-refractivity contribution is 7.89. The van der Waals surface area contributed by atoms with E-state index in [0.29, 0.717) is 0 Å². The highest BCUT2D eigenvalue weighted by Gasteiger charge is 2.29. The van der Waals surface area contributed by atoms with E-state index in [4.69, 9.17) is 21.1 Å². The fourth-order valence-corrected chi connectivity index (χ4v) is 4.97. The maximum Gasteiger partial charge on any atom is 0.339 e. The standard InChI is InChI=1S/C21H21ClN2O8S/c1-30-20(26)15-4-2-3-5-16(15)21(27)32-13-19(25)23-14-6-7-17(22)18(12-14)33(28,29)24-8-10-31-11-9-24/h2-7,12H,8-11,13H2,1H3,(H,23,25). The number of amides is 1. The molecule has 0 aromatic heterocycles. The summed E-state index contributed by atoms with van der Waals surface area (Å²) in [4.78, 5) is 36.2. The second-order valence-electron chi connectivity index (χ2n) is 6.82. The zero-order chi connectivity index (χ0) is 24.0. The Morgan fingerprint density at radius 3 is 2.33 bits per heavy atom. The Balaban J connectivity index is 1.67. The summed E-state index contributed by atoms with van der Waals surface area (Å²) in [5.41, 5.74) is 0.103. The molecule has 1 aliphatic heterocycles. The van der Waals surface area contributed by atoms with Crippen LogP contribution in [0.5, 0.6) is 0 Å². The maximum absolute atomic E-state index is 12.9. The highest BCUT2D eigenvalue weighted by Crippen LogP contribution is 2.28. The molecule has 1 aliphatic rings. The second-order valence-corrected chi connectivity index (χ2v) is 9.14. The van der Waals surface area contributed by atoms with Crippen molar-refractivity contribution in [1.82, 2.24) is 4.31 Å². The quantitative estimate of drug-likeness (QED) is 0.576. The van der Waals surface area contributed by atoms with E-state index in [2.05, 4.69) is 10.1 Å². The molecule has 0 radical (unpaired) electrons. The first-order chi connectivity index (χ1) is 15.7. The van der Waals surface area contributed by atoms with Gasteiger partial charge in [0.15, 0.2) is 6.61 Å². The molecule has 2 aromatic carbocycles. The molecule has 0 bridgehead atoms. The molecule has 3 rings (SSSR count). The van der Waals surface area contributed by atoms with E-state index in [1.54, 1.807) is 6.07 Å². The second kappa shape index (κ2) is 10.8. The van der Waals surface area contributed by atoms with Gasteiger partial charge < -0.3 is 19.5 Å². The van der Waals surface area contributed by atoms with Crippen LogP contribution in [-0.2, 0) is 29.0 Å². The lowest BCUT2D eigenvalue weighted by Gasteiger charge is -2.26. The minimum atomic E-state index is -3.89. The SMILES string of the molecule is COC(=O)c1ccccc1C(=O)OCC(=O)Nc1ccc(Cl)c(S(=O)(=O)N2CCOCC2)c1. The van der Waals surface area contributed by atoms with Crippen LogP contribution in [-0.4, -0.2) is 70.6 Å². The van der Waals surface area contributed by atoms with Crippen LogP contribution in [0.25, 0.3) is 0 Å². The molecule has 2 aromatic rings. The van der Waals surface area contributed by atoms with Gasteiger partial charge in [0.1, 0.15) is 4.90 Å². The van der Waals surface area contributed by atoms with Crippen molar-refractivity contribution in [3.63, 3.8) is 0 Å². The highest BCUT2D eigenvalue weighted by atomic mass is 35.5. The molecule has 1 saturated heterocycles. The first-order valence-electron chi connectivity index (χ1n) is 9.76.